The van der Waals surface area contributed by atoms with E-state index in [4.69, 9.17) is 23.1 Å². The molecule has 21 heavy (non-hydrogen) atoms. The SMILES string of the molecule is Nc1nc(N)c2ncn(Cc3ccc(Cl)c(F)c3F)c2n1. The minimum absolute atomic E-state index is 0.00627. The lowest BCUT2D eigenvalue weighted by molar-refractivity contribution is 0.496. The quantitative estimate of drug-likeness (QED) is 0.705. The lowest BCUT2D eigenvalue weighted by Crippen LogP contribution is -2.06. The minimum atomic E-state index is -1.09. The third kappa shape index (κ3) is 2.23. The number of fused-ring (bicyclic) bond motifs is 1. The van der Waals surface area contributed by atoms with Gasteiger partial charge in [0.1, 0.15) is 5.52 Å². The molecule has 2 heterocycles. The standard InChI is InChI=1S/C12H9ClF2N6/c13-6-2-1-5(7(14)8(6)15)3-21-4-18-9-10(16)19-12(17)20-11(9)21/h1-2,4H,3H2,(H4,16,17,19,20). The molecule has 0 atom stereocenters. The zero-order valence-corrected chi connectivity index (χ0v) is 11.3. The van der Waals surface area contributed by atoms with Crippen LogP contribution in [0.3, 0.4) is 0 Å². The molecule has 0 saturated carbocycles. The summed E-state index contributed by atoms with van der Waals surface area (Å²) in [6.45, 7) is 0.00627. The molecular weight excluding hydrogens is 302 g/mol. The van der Waals surface area contributed by atoms with E-state index in [1.165, 1.54) is 23.0 Å². The van der Waals surface area contributed by atoms with Crippen LogP contribution in [0.5, 0.6) is 0 Å². The number of benzene rings is 1. The summed E-state index contributed by atoms with van der Waals surface area (Å²) in [5.41, 5.74) is 12.0. The number of imidazole rings is 1. The average molecular weight is 311 g/mol. The van der Waals surface area contributed by atoms with Crippen LogP contribution in [-0.4, -0.2) is 19.5 Å². The average Bonchev–Trinajstić information content (AvgIpc) is 2.83. The van der Waals surface area contributed by atoms with Gasteiger partial charge >= 0.3 is 0 Å². The van der Waals surface area contributed by atoms with Gasteiger partial charge in [-0.2, -0.15) is 9.97 Å². The highest BCUT2D eigenvalue weighted by Crippen LogP contribution is 2.23. The highest BCUT2D eigenvalue weighted by atomic mass is 35.5. The van der Waals surface area contributed by atoms with E-state index >= 15 is 0 Å². The summed E-state index contributed by atoms with van der Waals surface area (Å²) in [5.74, 6) is -2.00. The van der Waals surface area contributed by atoms with Crippen molar-refractivity contribution in [2.75, 3.05) is 11.5 Å². The number of nitrogen functional groups attached to an aromatic ring is 2. The van der Waals surface area contributed by atoms with Gasteiger partial charge in [0.15, 0.2) is 23.1 Å². The summed E-state index contributed by atoms with van der Waals surface area (Å²) in [4.78, 5) is 11.8. The Labute approximate surface area is 122 Å². The second-order valence-electron chi connectivity index (χ2n) is 4.35. The summed E-state index contributed by atoms with van der Waals surface area (Å²) >= 11 is 5.52. The Morgan fingerprint density at radius 2 is 1.90 bits per heavy atom. The number of halogens is 3. The van der Waals surface area contributed by atoms with Gasteiger partial charge in [-0.3, -0.25) is 0 Å². The molecule has 108 valence electrons. The molecule has 6 nitrogen and oxygen atoms in total. The van der Waals surface area contributed by atoms with E-state index in [1.54, 1.807) is 0 Å². The second kappa shape index (κ2) is 4.81. The number of nitrogens with zero attached hydrogens (tertiary/aromatic N) is 4. The molecule has 0 fully saturated rings. The van der Waals surface area contributed by atoms with E-state index in [-0.39, 0.29) is 28.9 Å². The summed E-state index contributed by atoms with van der Waals surface area (Å²) < 4.78 is 28.8. The van der Waals surface area contributed by atoms with Crippen LogP contribution in [0.1, 0.15) is 5.56 Å². The molecule has 0 unspecified atom stereocenters. The van der Waals surface area contributed by atoms with Crippen molar-refractivity contribution in [3.05, 3.63) is 40.7 Å². The van der Waals surface area contributed by atoms with E-state index in [9.17, 15) is 8.78 Å². The summed E-state index contributed by atoms with van der Waals surface area (Å²) in [6, 6.07) is 2.67. The van der Waals surface area contributed by atoms with E-state index in [0.29, 0.717) is 11.2 Å². The smallest absolute Gasteiger partial charge is 0.224 e. The molecule has 0 aliphatic carbocycles. The maximum absolute atomic E-state index is 13.8. The van der Waals surface area contributed by atoms with Gasteiger partial charge in [-0.05, 0) is 6.07 Å². The van der Waals surface area contributed by atoms with Crippen LogP contribution >= 0.6 is 11.6 Å². The largest absolute Gasteiger partial charge is 0.382 e. The number of hydrogen-bond donors (Lipinski definition) is 2. The monoisotopic (exact) mass is 310 g/mol. The predicted octanol–water partition coefficient (Wildman–Crippen LogP) is 1.97. The predicted molar refractivity (Wildman–Crippen MR) is 74.6 cm³/mol. The van der Waals surface area contributed by atoms with Gasteiger partial charge in [-0.1, -0.05) is 17.7 Å². The Kier molecular flexibility index (Phi) is 3.09. The van der Waals surface area contributed by atoms with Gasteiger partial charge in [-0.25, -0.2) is 13.8 Å². The van der Waals surface area contributed by atoms with Crippen LogP contribution in [0.25, 0.3) is 11.2 Å². The fourth-order valence-electron chi connectivity index (χ4n) is 1.97. The maximum Gasteiger partial charge on any atom is 0.224 e. The summed E-state index contributed by atoms with van der Waals surface area (Å²) in [5, 5.41) is -0.275. The van der Waals surface area contributed by atoms with Crippen LogP contribution in [-0.2, 0) is 6.54 Å². The van der Waals surface area contributed by atoms with Crippen molar-refractivity contribution < 1.29 is 8.78 Å². The van der Waals surface area contributed by atoms with E-state index in [1.807, 2.05) is 0 Å². The van der Waals surface area contributed by atoms with Gasteiger partial charge < -0.3 is 16.0 Å². The number of nitrogens with two attached hydrogens (primary N) is 2. The third-order valence-electron chi connectivity index (χ3n) is 2.96. The molecule has 0 bridgehead atoms. The van der Waals surface area contributed by atoms with E-state index in [0.717, 1.165) is 0 Å². The molecule has 0 aliphatic rings. The Bertz CT molecular complexity index is 847. The van der Waals surface area contributed by atoms with Gasteiger partial charge in [0.2, 0.25) is 5.95 Å². The highest BCUT2D eigenvalue weighted by molar-refractivity contribution is 6.30. The Morgan fingerprint density at radius 1 is 1.14 bits per heavy atom. The van der Waals surface area contributed by atoms with Crippen LogP contribution in [0.2, 0.25) is 5.02 Å². The van der Waals surface area contributed by atoms with Crippen molar-refractivity contribution in [3.63, 3.8) is 0 Å². The van der Waals surface area contributed by atoms with E-state index in [2.05, 4.69) is 15.0 Å². The van der Waals surface area contributed by atoms with Gasteiger partial charge in [0, 0.05) is 5.56 Å². The van der Waals surface area contributed by atoms with Crippen molar-refractivity contribution >= 4 is 34.5 Å². The lowest BCUT2D eigenvalue weighted by atomic mass is 10.2. The van der Waals surface area contributed by atoms with Crippen LogP contribution < -0.4 is 11.5 Å². The normalized spacial score (nSPS) is 11.2. The number of anilines is 2. The molecule has 2 aromatic heterocycles. The minimum Gasteiger partial charge on any atom is -0.382 e. The molecule has 0 radical (unpaired) electrons. The maximum atomic E-state index is 13.8. The molecule has 0 saturated heterocycles. The molecule has 9 heteroatoms. The zero-order chi connectivity index (χ0) is 15.1. The van der Waals surface area contributed by atoms with Crippen molar-refractivity contribution in [1.29, 1.82) is 0 Å². The van der Waals surface area contributed by atoms with Gasteiger partial charge in [0.05, 0.1) is 17.9 Å². The highest BCUT2D eigenvalue weighted by Gasteiger charge is 2.15. The van der Waals surface area contributed by atoms with Gasteiger partial charge in [0.25, 0.3) is 0 Å². The molecule has 1 aromatic carbocycles. The van der Waals surface area contributed by atoms with Crippen LogP contribution in [0.15, 0.2) is 18.5 Å². The van der Waals surface area contributed by atoms with Crippen molar-refractivity contribution in [2.45, 2.75) is 6.54 Å². The van der Waals surface area contributed by atoms with Crippen molar-refractivity contribution in [2.24, 2.45) is 0 Å². The first kappa shape index (κ1) is 13.5. The van der Waals surface area contributed by atoms with Crippen molar-refractivity contribution in [3.8, 4) is 0 Å². The number of rotatable bonds is 2. The summed E-state index contributed by atoms with van der Waals surface area (Å²) in [7, 11) is 0. The topological polar surface area (TPSA) is 95.6 Å². The summed E-state index contributed by atoms with van der Waals surface area (Å²) in [6.07, 6.45) is 1.40. The third-order valence-corrected chi connectivity index (χ3v) is 3.26. The lowest BCUT2D eigenvalue weighted by Gasteiger charge is -2.07. The Hall–Kier alpha value is -2.48. The van der Waals surface area contributed by atoms with Gasteiger partial charge in [-0.15, -0.1) is 0 Å². The first-order valence-electron chi connectivity index (χ1n) is 5.83. The van der Waals surface area contributed by atoms with Crippen LogP contribution in [0.4, 0.5) is 20.5 Å². The number of hydrogen-bond acceptors (Lipinski definition) is 5. The molecule has 0 spiro atoms. The molecule has 4 N–H and O–H groups in total. The van der Waals surface area contributed by atoms with E-state index < -0.39 is 11.6 Å². The molecule has 3 rings (SSSR count). The Balaban J connectivity index is 2.09. The first-order chi connectivity index (χ1) is 9.97. The molecular formula is C12H9ClF2N6. The number of aromatic nitrogens is 4. The fraction of sp³-hybridized carbons (Fsp3) is 0.0833. The Morgan fingerprint density at radius 3 is 2.67 bits per heavy atom. The zero-order valence-electron chi connectivity index (χ0n) is 10.5. The van der Waals surface area contributed by atoms with Crippen LogP contribution in [0, 0.1) is 11.6 Å². The second-order valence-corrected chi connectivity index (χ2v) is 4.75. The molecule has 0 aliphatic heterocycles. The fourth-order valence-corrected chi connectivity index (χ4v) is 2.12. The molecule has 0 amide bonds. The molecule has 3 aromatic rings. The van der Waals surface area contributed by atoms with Crippen molar-refractivity contribution in [1.82, 2.24) is 19.5 Å². The first-order valence-corrected chi connectivity index (χ1v) is 6.21.